The zero-order chi connectivity index (χ0) is 25.5. The van der Waals surface area contributed by atoms with Crippen LogP contribution in [0.5, 0.6) is 0 Å². The minimum Gasteiger partial charge on any atom is -0.308 e. The van der Waals surface area contributed by atoms with Crippen LogP contribution in [0.2, 0.25) is 0 Å². The van der Waals surface area contributed by atoms with E-state index < -0.39 is 0 Å². The number of hydrogen-bond acceptors (Lipinski definition) is 2. The Balaban J connectivity index is 1.49. The van der Waals surface area contributed by atoms with Crippen molar-refractivity contribution in [3.8, 4) is 11.5 Å². The molecule has 0 radical (unpaired) electrons. The lowest BCUT2D eigenvalue weighted by Crippen LogP contribution is -1.96. The lowest BCUT2D eigenvalue weighted by molar-refractivity contribution is 1.08. The van der Waals surface area contributed by atoms with Crippen LogP contribution in [0.4, 0.5) is 0 Å². The maximum Gasteiger partial charge on any atom is 0.137 e. The van der Waals surface area contributed by atoms with Crippen LogP contribution in [-0.4, -0.2) is 14.1 Å². The molecule has 0 saturated heterocycles. The molecule has 9 aromatic rings. The van der Waals surface area contributed by atoms with Crippen molar-refractivity contribution in [3.05, 3.63) is 128 Å². The van der Waals surface area contributed by atoms with E-state index in [4.69, 9.17) is 4.98 Å². The highest BCUT2D eigenvalue weighted by Crippen LogP contribution is 2.44. The van der Waals surface area contributed by atoms with Crippen LogP contribution in [0, 0.1) is 0 Å². The van der Waals surface area contributed by atoms with Crippen LogP contribution in [-0.2, 0) is 0 Å². The van der Waals surface area contributed by atoms with Crippen molar-refractivity contribution in [1.29, 1.82) is 0 Å². The van der Waals surface area contributed by atoms with Gasteiger partial charge in [-0.25, -0.2) is 4.98 Å². The second-order valence-electron chi connectivity index (χ2n) is 10.00. The zero-order valence-corrected chi connectivity index (χ0v) is 21.7. The Hall–Kier alpha value is -4.93. The van der Waals surface area contributed by atoms with E-state index in [0.717, 1.165) is 5.82 Å². The smallest absolute Gasteiger partial charge is 0.137 e. The van der Waals surface area contributed by atoms with E-state index in [1.165, 1.54) is 69.5 Å². The van der Waals surface area contributed by atoms with Gasteiger partial charge < -0.3 is 4.57 Å². The molecule has 4 aromatic heterocycles. The zero-order valence-electron chi connectivity index (χ0n) is 20.9. The van der Waals surface area contributed by atoms with E-state index in [0.29, 0.717) is 0 Å². The SMILES string of the molecule is c1ccc(-n2c3ccccc3c3c4c5ccccc5n(-c5cccc6c5sc5ccccc56)c4ccc32)nc1. The maximum atomic E-state index is 4.73. The average molecular weight is 516 g/mol. The van der Waals surface area contributed by atoms with Crippen LogP contribution in [0.1, 0.15) is 0 Å². The first-order valence-electron chi connectivity index (χ1n) is 13.2. The molecule has 0 N–H and O–H groups in total. The molecule has 0 unspecified atom stereocenters. The third-order valence-corrected chi connectivity index (χ3v) is 9.18. The van der Waals surface area contributed by atoms with Gasteiger partial charge in [-0.15, -0.1) is 11.3 Å². The molecule has 0 amide bonds. The van der Waals surface area contributed by atoms with Crippen LogP contribution in [0.3, 0.4) is 0 Å². The summed E-state index contributed by atoms with van der Waals surface area (Å²) >= 11 is 1.88. The molecule has 0 atom stereocenters. The summed E-state index contributed by atoms with van der Waals surface area (Å²) in [6.07, 6.45) is 1.87. The lowest BCUT2D eigenvalue weighted by Gasteiger charge is -2.10. The molecule has 0 bridgehead atoms. The molecule has 39 heavy (non-hydrogen) atoms. The lowest BCUT2D eigenvalue weighted by atomic mass is 10.1. The first kappa shape index (κ1) is 21.1. The third kappa shape index (κ3) is 2.78. The molecule has 0 aliphatic rings. The summed E-state index contributed by atoms with van der Waals surface area (Å²) in [5.74, 6) is 0.932. The molecule has 0 saturated carbocycles. The number of rotatable bonds is 2. The van der Waals surface area contributed by atoms with Crippen LogP contribution in [0.25, 0.3) is 75.3 Å². The van der Waals surface area contributed by atoms with Gasteiger partial charge in [-0.05, 0) is 48.5 Å². The summed E-state index contributed by atoms with van der Waals surface area (Å²) in [6, 6.07) is 43.7. The molecule has 182 valence electrons. The topological polar surface area (TPSA) is 22.8 Å². The number of thiophene rings is 1. The second-order valence-corrected chi connectivity index (χ2v) is 11.1. The Bertz CT molecular complexity index is 2390. The van der Waals surface area contributed by atoms with E-state index in [9.17, 15) is 0 Å². The molecular weight excluding hydrogens is 494 g/mol. The number of nitrogens with zero attached hydrogens (tertiary/aromatic N) is 3. The van der Waals surface area contributed by atoms with Gasteiger partial charge in [0.2, 0.25) is 0 Å². The summed E-state index contributed by atoms with van der Waals surface area (Å²) in [5, 5.41) is 7.69. The molecule has 4 heterocycles. The van der Waals surface area contributed by atoms with Crippen LogP contribution < -0.4 is 0 Å². The molecule has 0 spiro atoms. The van der Waals surface area contributed by atoms with Crippen molar-refractivity contribution in [2.24, 2.45) is 0 Å². The molecule has 0 aliphatic heterocycles. The predicted molar refractivity (Wildman–Crippen MR) is 166 cm³/mol. The van der Waals surface area contributed by atoms with Gasteiger partial charge in [-0.2, -0.15) is 0 Å². The number of hydrogen-bond donors (Lipinski definition) is 0. The fourth-order valence-corrected chi connectivity index (χ4v) is 7.63. The summed E-state index contributed by atoms with van der Waals surface area (Å²) in [6.45, 7) is 0. The Kier molecular flexibility index (Phi) is 4.21. The number of para-hydroxylation sites is 2. The highest BCUT2D eigenvalue weighted by atomic mass is 32.1. The molecule has 9 rings (SSSR count). The number of aromatic nitrogens is 3. The first-order chi connectivity index (χ1) is 19.4. The standard InChI is InChI=1S/C35H21N3S/c1-4-14-26-24(11-1)33-28(37(26)30-16-9-13-23-22-10-3-6-17-31(22)39-35(23)30)19-20-29-34(33)25-12-2-5-15-27(25)38(29)32-18-7-8-21-36-32/h1-21H. The number of fused-ring (bicyclic) bond motifs is 10. The van der Waals surface area contributed by atoms with E-state index in [1.54, 1.807) is 0 Å². The number of pyridine rings is 1. The highest BCUT2D eigenvalue weighted by molar-refractivity contribution is 7.26. The van der Waals surface area contributed by atoms with Gasteiger partial charge >= 0.3 is 0 Å². The monoisotopic (exact) mass is 515 g/mol. The third-order valence-electron chi connectivity index (χ3n) is 7.97. The van der Waals surface area contributed by atoms with E-state index >= 15 is 0 Å². The van der Waals surface area contributed by atoms with Crippen molar-refractivity contribution in [1.82, 2.24) is 14.1 Å². The van der Waals surface area contributed by atoms with Gasteiger partial charge in [0.05, 0.1) is 32.5 Å². The van der Waals surface area contributed by atoms with Crippen LogP contribution in [0.15, 0.2) is 128 Å². The predicted octanol–water partition coefficient (Wildman–Crippen LogP) is 9.64. The summed E-state index contributed by atoms with van der Waals surface area (Å²) in [5.41, 5.74) is 6.01. The van der Waals surface area contributed by atoms with E-state index in [-0.39, 0.29) is 0 Å². The Labute approximate surface area is 227 Å². The van der Waals surface area contributed by atoms with Crippen LogP contribution >= 0.6 is 11.3 Å². The fourth-order valence-electron chi connectivity index (χ4n) is 6.42. The minimum atomic E-state index is 0.932. The largest absolute Gasteiger partial charge is 0.308 e. The average Bonchev–Trinajstić information content (AvgIpc) is 3.65. The molecule has 3 nitrogen and oxygen atoms in total. The summed E-state index contributed by atoms with van der Waals surface area (Å²) in [7, 11) is 0. The van der Waals surface area contributed by atoms with Gasteiger partial charge in [-0.1, -0.05) is 72.8 Å². The van der Waals surface area contributed by atoms with E-state index in [2.05, 4.69) is 124 Å². The molecule has 5 aromatic carbocycles. The molecule has 0 fully saturated rings. The van der Waals surface area contributed by atoms with Crippen molar-refractivity contribution in [3.63, 3.8) is 0 Å². The van der Waals surface area contributed by atoms with Gasteiger partial charge in [0.1, 0.15) is 5.82 Å². The summed E-state index contributed by atoms with van der Waals surface area (Å²) < 4.78 is 7.40. The van der Waals surface area contributed by atoms with Gasteiger partial charge in [-0.3, -0.25) is 4.57 Å². The Morgan fingerprint density at radius 2 is 1.08 bits per heavy atom. The molecular formula is C35H21N3S. The van der Waals surface area contributed by atoms with Gasteiger partial charge in [0, 0.05) is 43.2 Å². The maximum absolute atomic E-state index is 4.73. The van der Waals surface area contributed by atoms with E-state index in [1.807, 2.05) is 23.6 Å². The van der Waals surface area contributed by atoms with Gasteiger partial charge in [0.15, 0.2) is 0 Å². The first-order valence-corrected chi connectivity index (χ1v) is 14.0. The second kappa shape index (κ2) is 7.79. The quantitative estimate of drug-likeness (QED) is 0.225. The Morgan fingerprint density at radius 3 is 1.82 bits per heavy atom. The van der Waals surface area contributed by atoms with Crippen molar-refractivity contribution in [2.45, 2.75) is 0 Å². The number of benzene rings is 5. The Morgan fingerprint density at radius 1 is 0.462 bits per heavy atom. The normalized spacial score (nSPS) is 12.1. The van der Waals surface area contributed by atoms with Gasteiger partial charge in [0.25, 0.3) is 0 Å². The van der Waals surface area contributed by atoms with Crippen molar-refractivity contribution < 1.29 is 0 Å². The minimum absolute atomic E-state index is 0.932. The molecule has 4 heteroatoms. The fraction of sp³-hybridized carbons (Fsp3) is 0. The molecule has 0 aliphatic carbocycles. The van der Waals surface area contributed by atoms with Crippen molar-refractivity contribution >= 4 is 75.1 Å². The van der Waals surface area contributed by atoms with Crippen molar-refractivity contribution in [2.75, 3.05) is 0 Å². The highest BCUT2D eigenvalue weighted by Gasteiger charge is 2.21. The summed E-state index contributed by atoms with van der Waals surface area (Å²) in [4.78, 5) is 4.73.